The fraction of sp³-hybridized carbons (Fsp3) is 0.889. The molecule has 5 heteroatoms. The van der Waals surface area contributed by atoms with E-state index < -0.39 is 12.1 Å². The van der Waals surface area contributed by atoms with Gasteiger partial charge in [-0.1, -0.05) is 20.3 Å². The standard InChI is InChI=1S/C9H16F3NO/c1-4-7(2)5-6-13(3)8(14)9(10,11)12/h7H,4-6H2,1-3H3. The van der Waals surface area contributed by atoms with Crippen molar-refractivity contribution in [2.75, 3.05) is 13.6 Å². The summed E-state index contributed by atoms with van der Waals surface area (Å²) in [7, 11) is 1.18. The molecule has 0 aliphatic rings. The van der Waals surface area contributed by atoms with Crippen molar-refractivity contribution in [2.45, 2.75) is 32.9 Å². The van der Waals surface area contributed by atoms with E-state index in [1.165, 1.54) is 7.05 Å². The summed E-state index contributed by atoms with van der Waals surface area (Å²) in [6, 6.07) is 0. The van der Waals surface area contributed by atoms with E-state index in [-0.39, 0.29) is 6.54 Å². The largest absolute Gasteiger partial charge is 0.471 e. The van der Waals surface area contributed by atoms with Crippen LogP contribution < -0.4 is 0 Å². The second-order valence-electron chi connectivity index (χ2n) is 3.53. The monoisotopic (exact) mass is 211 g/mol. The molecule has 0 aliphatic carbocycles. The molecule has 0 heterocycles. The van der Waals surface area contributed by atoms with E-state index in [1.54, 1.807) is 0 Å². The van der Waals surface area contributed by atoms with Crippen LogP contribution in [0.2, 0.25) is 0 Å². The van der Waals surface area contributed by atoms with E-state index in [0.717, 1.165) is 11.3 Å². The van der Waals surface area contributed by atoms with Crippen LogP contribution in [0, 0.1) is 5.92 Å². The molecular weight excluding hydrogens is 195 g/mol. The molecule has 0 bridgehead atoms. The van der Waals surface area contributed by atoms with Crippen LogP contribution in [0.25, 0.3) is 0 Å². The van der Waals surface area contributed by atoms with Crippen LogP contribution in [0.1, 0.15) is 26.7 Å². The second kappa shape index (κ2) is 5.22. The lowest BCUT2D eigenvalue weighted by molar-refractivity contribution is -0.184. The number of hydrogen-bond donors (Lipinski definition) is 0. The molecule has 0 radical (unpaired) electrons. The highest BCUT2D eigenvalue weighted by atomic mass is 19.4. The van der Waals surface area contributed by atoms with Crippen LogP contribution in [-0.4, -0.2) is 30.6 Å². The highest BCUT2D eigenvalue weighted by Crippen LogP contribution is 2.18. The molecule has 14 heavy (non-hydrogen) atoms. The van der Waals surface area contributed by atoms with Gasteiger partial charge in [-0.3, -0.25) is 4.79 Å². The first-order valence-corrected chi connectivity index (χ1v) is 4.61. The zero-order valence-electron chi connectivity index (χ0n) is 8.69. The van der Waals surface area contributed by atoms with Crippen molar-refractivity contribution in [1.29, 1.82) is 0 Å². The molecule has 0 saturated carbocycles. The number of amides is 1. The number of halogens is 3. The average molecular weight is 211 g/mol. The Hall–Kier alpha value is -0.740. The predicted molar refractivity (Wildman–Crippen MR) is 47.8 cm³/mol. The molecule has 0 saturated heterocycles. The molecule has 0 aromatic heterocycles. The molecule has 0 spiro atoms. The number of carbonyl (C=O) groups excluding carboxylic acids is 1. The molecule has 84 valence electrons. The van der Waals surface area contributed by atoms with E-state index in [4.69, 9.17) is 0 Å². The molecular formula is C9H16F3NO. The van der Waals surface area contributed by atoms with E-state index >= 15 is 0 Å². The fourth-order valence-electron chi connectivity index (χ4n) is 0.936. The van der Waals surface area contributed by atoms with Gasteiger partial charge < -0.3 is 4.90 Å². The minimum absolute atomic E-state index is 0.160. The third-order valence-corrected chi connectivity index (χ3v) is 2.24. The number of alkyl halides is 3. The van der Waals surface area contributed by atoms with Gasteiger partial charge in [-0.05, 0) is 12.3 Å². The maximum atomic E-state index is 11.9. The molecule has 0 aliphatic heterocycles. The summed E-state index contributed by atoms with van der Waals surface area (Å²) >= 11 is 0. The molecule has 1 amide bonds. The molecule has 1 atom stereocenters. The quantitative estimate of drug-likeness (QED) is 0.699. The Bertz CT molecular complexity index is 191. The first kappa shape index (κ1) is 13.3. The lowest BCUT2D eigenvalue weighted by Crippen LogP contribution is -2.39. The van der Waals surface area contributed by atoms with E-state index in [9.17, 15) is 18.0 Å². The molecule has 0 fully saturated rings. The van der Waals surface area contributed by atoms with Crippen molar-refractivity contribution in [1.82, 2.24) is 4.90 Å². The van der Waals surface area contributed by atoms with Crippen LogP contribution >= 0.6 is 0 Å². The van der Waals surface area contributed by atoms with Gasteiger partial charge in [0.25, 0.3) is 0 Å². The lowest BCUT2D eigenvalue weighted by Gasteiger charge is -2.20. The Morgan fingerprint density at radius 3 is 2.29 bits per heavy atom. The van der Waals surface area contributed by atoms with E-state index in [0.29, 0.717) is 12.3 Å². The van der Waals surface area contributed by atoms with Gasteiger partial charge in [-0.25, -0.2) is 0 Å². The van der Waals surface area contributed by atoms with E-state index in [2.05, 4.69) is 0 Å². The molecule has 2 nitrogen and oxygen atoms in total. The maximum absolute atomic E-state index is 11.9. The third-order valence-electron chi connectivity index (χ3n) is 2.24. The number of nitrogens with zero attached hydrogens (tertiary/aromatic N) is 1. The van der Waals surface area contributed by atoms with Gasteiger partial charge >= 0.3 is 12.1 Å². The Labute approximate surface area is 82.1 Å². The number of hydrogen-bond acceptors (Lipinski definition) is 1. The summed E-state index contributed by atoms with van der Waals surface area (Å²) in [6.45, 7) is 4.08. The van der Waals surface area contributed by atoms with Crippen molar-refractivity contribution in [3.63, 3.8) is 0 Å². The Morgan fingerprint density at radius 2 is 1.93 bits per heavy atom. The Balaban J connectivity index is 3.97. The van der Waals surface area contributed by atoms with E-state index in [1.807, 2.05) is 13.8 Å². The smallest absolute Gasteiger partial charge is 0.338 e. The number of rotatable bonds is 4. The van der Waals surface area contributed by atoms with Gasteiger partial charge in [-0.15, -0.1) is 0 Å². The Kier molecular flexibility index (Phi) is 4.94. The molecule has 0 aromatic carbocycles. The van der Waals surface area contributed by atoms with Crippen molar-refractivity contribution in [2.24, 2.45) is 5.92 Å². The van der Waals surface area contributed by atoms with Crippen LogP contribution in [-0.2, 0) is 4.79 Å². The highest BCUT2D eigenvalue weighted by molar-refractivity contribution is 5.81. The van der Waals surface area contributed by atoms with Gasteiger partial charge in [0.1, 0.15) is 0 Å². The van der Waals surface area contributed by atoms with Crippen molar-refractivity contribution >= 4 is 5.91 Å². The number of carbonyl (C=O) groups is 1. The summed E-state index contributed by atoms with van der Waals surface area (Å²) in [6.07, 6.45) is -3.23. The van der Waals surface area contributed by atoms with Crippen LogP contribution in [0.5, 0.6) is 0 Å². The normalized spacial score (nSPS) is 13.9. The van der Waals surface area contributed by atoms with Gasteiger partial charge in [-0.2, -0.15) is 13.2 Å². The first-order chi connectivity index (χ1) is 6.29. The topological polar surface area (TPSA) is 20.3 Å². The fourth-order valence-corrected chi connectivity index (χ4v) is 0.936. The summed E-state index contributed by atoms with van der Waals surface area (Å²) in [5.41, 5.74) is 0. The first-order valence-electron chi connectivity index (χ1n) is 4.61. The van der Waals surface area contributed by atoms with Crippen LogP contribution in [0.15, 0.2) is 0 Å². The van der Waals surface area contributed by atoms with Gasteiger partial charge in [0, 0.05) is 13.6 Å². The lowest BCUT2D eigenvalue weighted by atomic mass is 10.1. The maximum Gasteiger partial charge on any atom is 0.471 e. The minimum atomic E-state index is -4.75. The zero-order chi connectivity index (χ0) is 11.4. The van der Waals surface area contributed by atoms with Crippen molar-refractivity contribution < 1.29 is 18.0 Å². The highest BCUT2D eigenvalue weighted by Gasteiger charge is 2.40. The van der Waals surface area contributed by atoms with Crippen molar-refractivity contribution in [3.8, 4) is 0 Å². The molecule has 0 N–H and O–H groups in total. The summed E-state index contributed by atoms with van der Waals surface area (Å²) in [5, 5.41) is 0. The molecule has 0 rings (SSSR count). The summed E-state index contributed by atoms with van der Waals surface area (Å²) in [4.78, 5) is 11.4. The minimum Gasteiger partial charge on any atom is -0.338 e. The van der Waals surface area contributed by atoms with Gasteiger partial charge in [0.2, 0.25) is 0 Å². The zero-order valence-corrected chi connectivity index (χ0v) is 8.69. The summed E-state index contributed by atoms with van der Waals surface area (Å²) < 4.78 is 35.7. The average Bonchev–Trinajstić information content (AvgIpc) is 2.10. The third kappa shape index (κ3) is 4.48. The second-order valence-corrected chi connectivity index (χ2v) is 3.53. The molecule has 1 unspecified atom stereocenters. The predicted octanol–water partition coefficient (Wildman–Crippen LogP) is 2.44. The van der Waals surface area contributed by atoms with Crippen LogP contribution in [0.3, 0.4) is 0 Å². The Morgan fingerprint density at radius 1 is 1.43 bits per heavy atom. The summed E-state index contributed by atoms with van der Waals surface area (Å²) in [5.74, 6) is -1.42. The van der Waals surface area contributed by atoms with Crippen molar-refractivity contribution in [3.05, 3.63) is 0 Å². The van der Waals surface area contributed by atoms with Gasteiger partial charge in [0.15, 0.2) is 0 Å². The van der Waals surface area contributed by atoms with Crippen LogP contribution in [0.4, 0.5) is 13.2 Å². The molecule has 0 aromatic rings. The SMILES string of the molecule is CCC(C)CCN(C)C(=O)C(F)(F)F. The van der Waals surface area contributed by atoms with Gasteiger partial charge in [0.05, 0.1) is 0 Å².